The van der Waals surface area contributed by atoms with Crippen LogP contribution in [-0.4, -0.2) is 40.6 Å². The summed E-state index contributed by atoms with van der Waals surface area (Å²) in [7, 11) is 0. The molecule has 0 aliphatic carbocycles. The molecule has 0 saturated carbocycles. The molecule has 2 fully saturated rings. The number of aryl methyl sites for hydroxylation is 1. The fourth-order valence-electron chi connectivity index (χ4n) is 2.72. The molecule has 2 aliphatic heterocycles. The molecule has 3 rings (SSSR count). The first-order valence-corrected chi connectivity index (χ1v) is 7.38. The van der Waals surface area contributed by atoms with Crippen molar-refractivity contribution in [2.24, 2.45) is 0 Å². The van der Waals surface area contributed by atoms with Crippen LogP contribution in [0.2, 0.25) is 0 Å². The van der Waals surface area contributed by atoms with Crippen LogP contribution in [0.5, 0.6) is 0 Å². The molecular formula is C12H17IN4O. The molecule has 2 unspecified atom stereocenters. The van der Waals surface area contributed by atoms with Crippen LogP contribution in [0.3, 0.4) is 0 Å². The number of ether oxygens (including phenoxy) is 1. The number of hydrogen-bond acceptors (Lipinski definition) is 5. The molecule has 6 heteroatoms. The van der Waals surface area contributed by atoms with Crippen molar-refractivity contribution in [3.05, 3.63) is 15.1 Å². The largest absolute Gasteiger partial charge is 0.383 e. The van der Waals surface area contributed by atoms with E-state index in [1.54, 1.807) is 0 Å². The maximum absolute atomic E-state index is 5.91. The Balaban J connectivity index is 1.83. The molecule has 3 heterocycles. The van der Waals surface area contributed by atoms with E-state index in [-0.39, 0.29) is 6.10 Å². The Labute approximate surface area is 120 Å². The van der Waals surface area contributed by atoms with Crippen molar-refractivity contribution in [1.29, 1.82) is 0 Å². The minimum Gasteiger partial charge on any atom is -0.383 e. The predicted octanol–water partition coefficient (Wildman–Crippen LogP) is 1.51. The molecule has 98 valence electrons. The minimum absolute atomic E-state index is 0.0302. The lowest BCUT2D eigenvalue weighted by Gasteiger charge is -2.34. The lowest BCUT2D eigenvalue weighted by Crippen LogP contribution is -2.43. The van der Waals surface area contributed by atoms with E-state index < -0.39 is 0 Å². The second kappa shape index (κ2) is 4.90. The van der Waals surface area contributed by atoms with Gasteiger partial charge in [0.15, 0.2) is 5.82 Å². The van der Waals surface area contributed by atoms with Gasteiger partial charge < -0.3 is 10.5 Å². The molecule has 0 bridgehead atoms. The molecule has 5 nitrogen and oxygen atoms in total. The molecule has 0 radical (unpaired) electrons. The third-order valence-electron chi connectivity index (χ3n) is 3.74. The Morgan fingerprint density at radius 2 is 2.28 bits per heavy atom. The van der Waals surface area contributed by atoms with Crippen molar-refractivity contribution >= 4 is 28.4 Å². The Hall–Kier alpha value is -0.470. The van der Waals surface area contributed by atoms with Crippen molar-refractivity contribution in [2.75, 3.05) is 25.4 Å². The van der Waals surface area contributed by atoms with Gasteiger partial charge in [0, 0.05) is 12.6 Å². The summed E-state index contributed by atoms with van der Waals surface area (Å²) in [6.45, 7) is 4.82. The fourth-order valence-corrected chi connectivity index (χ4v) is 2.96. The number of nitrogens with zero attached hydrogens (tertiary/aromatic N) is 3. The topological polar surface area (TPSA) is 64.3 Å². The molecule has 1 aromatic heterocycles. The van der Waals surface area contributed by atoms with Gasteiger partial charge in [-0.3, -0.25) is 4.90 Å². The second-order valence-electron chi connectivity index (χ2n) is 4.98. The van der Waals surface area contributed by atoms with Crippen LogP contribution in [-0.2, 0) is 4.74 Å². The van der Waals surface area contributed by atoms with Crippen molar-refractivity contribution in [3.63, 3.8) is 0 Å². The van der Waals surface area contributed by atoms with Crippen molar-refractivity contribution < 1.29 is 4.74 Å². The van der Waals surface area contributed by atoms with Gasteiger partial charge in [0.2, 0.25) is 0 Å². The van der Waals surface area contributed by atoms with Gasteiger partial charge in [0.1, 0.15) is 11.9 Å². The molecule has 0 amide bonds. The highest BCUT2D eigenvalue weighted by molar-refractivity contribution is 14.1. The smallest absolute Gasteiger partial charge is 0.161 e. The number of halogens is 1. The van der Waals surface area contributed by atoms with Crippen LogP contribution in [0.4, 0.5) is 5.82 Å². The van der Waals surface area contributed by atoms with Gasteiger partial charge in [-0.25, -0.2) is 9.97 Å². The highest BCUT2D eigenvalue weighted by Crippen LogP contribution is 2.29. The highest BCUT2D eigenvalue weighted by Gasteiger charge is 2.34. The highest BCUT2D eigenvalue weighted by atomic mass is 127. The number of nitrogen functional groups attached to an aromatic ring is 1. The normalized spacial score (nSPS) is 28.3. The van der Waals surface area contributed by atoms with Crippen molar-refractivity contribution in [2.45, 2.75) is 31.9 Å². The van der Waals surface area contributed by atoms with Crippen LogP contribution in [0, 0.1) is 10.5 Å². The zero-order chi connectivity index (χ0) is 12.7. The van der Waals surface area contributed by atoms with E-state index in [4.69, 9.17) is 10.5 Å². The maximum atomic E-state index is 5.91. The summed E-state index contributed by atoms with van der Waals surface area (Å²) < 4.78 is 6.84. The quantitative estimate of drug-likeness (QED) is 0.770. The molecule has 1 aromatic rings. The summed E-state index contributed by atoms with van der Waals surface area (Å²) in [5, 5.41) is 0. The van der Waals surface area contributed by atoms with E-state index in [1.165, 1.54) is 19.4 Å². The van der Waals surface area contributed by atoms with Gasteiger partial charge in [-0.15, -0.1) is 0 Å². The standard InChI is InChI=1S/C12H17IN4O/c1-7-10(13)11(14)16-12(15-7)9-5-17-4-2-3-8(17)6-18-9/h8-9H,2-6H2,1H3,(H2,14,15,16). The summed E-state index contributed by atoms with van der Waals surface area (Å²) in [5.74, 6) is 1.29. The van der Waals surface area contributed by atoms with Crippen LogP contribution >= 0.6 is 22.6 Å². The number of anilines is 1. The molecule has 0 aromatic carbocycles. The second-order valence-corrected chi connectivity index (χ2v) is 6.06. The maximum Gasteiger partial charge on any atom is 0.161 e. The number of aromatic nitrogens is 2. The van der Waals surface area contributed by atoms with E-state index in [1.807, 2.05) is 6.92 Å². The van der Waals surface area contributed by atoms with E-state index in [0.29, 0.717) is 11.9 Å². The van der Waals surface area contributed by atoms with E-state index in [9.17, 15) is 0 Å². The lowest BCUT2D eigenvalue weighted by molar-refractivity contribution is -0.0541. The number of rotatable bonds is 1. The summed E-state index contributed by atoms with van der Waals surface area (Å²) in [6.07, 6.45) is 2.49. The first-order valence-electron chi connectivity index (χ1n) is 6.30. The number of morpholine rings is 1. The van der Waals surface area contributed by atoms with Gasteiger partial charge >= 0.3 is 0 Å². The lowest BCUT2D eigenvalue weighted by atomic mass is 10.2. The van der Waals surface area contributed by atoms with Gasteiger partial charge in [-0.1, -0.05) is 0 Å². The molecule has 2 aliphatic rings. The number of hydrogen-bond donors (Lipinski definition) is 1. The Morgan fingerprint density at radius 3 is 3.06 bits per heavy atom. The van der Waals surface area contributed by atoms with Gasteiger partial charge in [-0.05, 0) is 48.9 Å². The monoisotopic (exact) mass is 360 g/mol. The third-order valence-corrected chi connectivity index (χ3v) is 5.07. The average Bonchev–Trinajstić information content (AvgIpc) is 2.82. The van der Waals surface area contributed by atoms with E-state index in [2.05, 4.69) is 37.5 Å². The molecule has 2 N–H and O–H groups in total. The van der Waals surface area contributed by atoms with E-state index in [0.717, 1.165) is 28.2 Å². The number of nitrogens with two attached hydrogens (primary N) is 1. The van der Waals surface area contributed by atoms with Crippen molar-refractivity contribution in [1.82, 2.24) is 14.9 Å². The minimum atomic E-state index is -0.0302. The summed E-state index contributed by atoms with van der Waals surface area (Å²) >= 11 is 2.18. The third kappa shape index (κ3) is 2.21. The average molecular weight is 360 g/mol. The molecular weight excluding hydrogens is 343 g/mol. The Kier molecular flexibility index (Phi) is 3.42. The summed E-state index contributed by atoms with van der Waals surface area (Å²) in [4.78, 5) is 11.4. The first kappa shape index (κ1) is 12.6. The van der Waals surface area contributed by atoms with Gasteiger partial charge in [0.05, 0.1) is 15.9 Å². The van der Waals surface area contributed by atoms with E-state index >= 15 is 0 Å². The van der Waals surface area contributed by atoms with Crippen LogP contribution in [0.25, 0.3) is 0 Å². The van der Waals surface area contributed by atoms with Crippen LogP contribution in [0.15, 0.2) is 0 Å². The van der Waals surface area contributed by atoms with Gasteiger partial charge in [0.25, 0.3) is 0 Å². The van der Waals surface area contributed by atoms with Gasteiger partial charge in [-0.2, -0.15) is 0 Å². The van der Waals surface area contributed by atoms with Crippen LogP contribution in [0.1, 0.15) is 30.5 Å². The molecule has 0 spiro atoms. The summed E-state index contributed by atoms with van der Waals surface area (Å²) in [5.41, 5.74) is 6.84. The molecule has 2 saturated heterocycles. The van der Waals surface area contributed by atoms with Crippen LogP contribution < -0.4 is 5.73 Å². The zero-order valence-electron chi connectivity index (χ0n) is 10.4. The number of fused-ring (bicyclic) bond motifs is 1. The SMILES string of the molecule is Cc1nc(C2CN3CCCC3CO2)nc(N)c1I. The summed E-state index contributed by atoms with van der Waals surface area (Å²) in [6, 6.07) is 0.601. The van der Waals surface area contributed by atoms with Crippen molar-refractivity contribution in [3.8, 4) is 0 Å². The zero-order valence-corrected chi connectivity index (χ0v) is 12.6. The first-order chi connectivity index (χ1) is 8.65. The fraction of sp³-hybridized carbons (Fsp3) is 0.667. The molecule has 2 atom stereocenters. The Morgan fingerprint density at radius 1 is 1.44 bits per heavy atom. The predicted molar refractivity (Wildman–Crippen MR) is 77.2 cm³/mol. The molecule has 18 heavy (non-hydrogen) atoms. The Bertz CT molecular complexity index is 444.